The molecule has 0 aliphatic rings. The van der Waals surface area contributed by atoms with Gasteiger partial charge in [-0.3, -0.25) is 14.9 Å². The molecule has 0 saturated carbocycles. The number of rotatable bonds is 5. The van der Waals surface area contributed by atoms with Crippen LogP contribution >= 0.6 is 0 Å². The third-order valence-electron chi connectivity index (χ3n) is 3.10. The third-order valence-corrected chi connectivity index (χ3v) is 3.10. The second-order valence-corrected chi connectivity index (χ2v) is 4.71. The first-order chi connectivity index (χ1) is 11.5. The van der Waals surface area contributed by atoms with Crippen molar-refractivity contribution in [2.75, 3.05) is 12.4 Å². The highest BCUT2D eigenvalue weighted by Gasteiger charge is 2.10. The molecule has 0 saturated heterocycles. The van der Waals surface area contributed by atoms with Gasteiger partial charge in [0.2, 0.25) is 5.91 Å². The molecule has 0 aliphatic carbocycles. The molecule has 24 heavy (non-hydrogen) atoms. The summed E-state index contributed by atoms with van der Waals surface area (Å²) in [4.78, 5) is 33.8. The van der Waals surface area contributed by atoms with Crippen LogP contribution in [0.15, 0.2) is 54.6 Å². The number of benzene rings is 2. The first-order valence-corrected chi connectivity index (χ1v) is 6.92. The van der Waals surface area contributed by atoms with E-state index in [0.717, 1.165) is 0 Å². The maximum absolute atomic E-state index is 11.9. The number of amides is 1. The Bertz CT molecular complexity index is 814. The van der Waals surface area contributed by atoms with Gasteiger partial charge >= 0.3 is 5.97 Å². The lowest BCUT2D eigenvalue weighted by Crippen LogP contribution is -2.09. The van der Waals surface area contributed by atoms with Crippen LogP contribution in [-0.4, -0.2) is 23.9 Å². The molecule has 2 aromatic rings. The van der Waals surface area contributed by atoms with Crippen molar-refractivity contribution in [2.24, 2.45) is 0 Å². The predicted octanol–water partition coefficient (Wildman–Crippen LogP) is 3.03. The summed E-state index contributed by atoms with van der Waals surface area (Å²) in [5, 5.41) is 13.5. The van der Waals surface area contributed by atoms with E-state index in [9.17, 15) is 19.7 Å². The van der Waals surface area contributed by atoms with Gasteiger partial charge in [0.15, 0.2) is 0 Å². The largest absolute Gasteiger partial charge is 0.465 e. The number of hydrogen-bond donors (Lipinski definition) is 1. The Morgan fingerprint density at radius 2 is 1.92 bits per heavy atom. The van der Waals surface area contributed by atoms with E-state index < -0.39 is 16.8 Å². The van der Waals surface area contributed by atoms with Gasteiger partial charge in [0, 0.05) is 17.8 Å². The zero-order valence-electron chi connectivity index (χ0n) is 12.8. The molecule has 7 nitrogen and oxygen atoms in total. The van der Waals surface area contributed by atoms with Crippen LogP contribution in [0.4, 0.5) is 11.4 Å². The number of carbonyl (C=O) groups excluding carboxylic acids is 2. The molecule has 0 atom stereocenters. The van der Waals surface area contributed by atoms with Crippen LogP contribution < -0.4 is 5.32 Å². The second-order valence-electron chi connectivity index (χ2n) is 4.71. The Morgan fingerprint density at radius 3 is 2.62 bits per heavy atom. The van der Waals surface area contributed by atoms with Crippen LogP contribution in [0.3, 0.4) is 0 Å². The molecule has 0 aromatic heterocycles. The lowest BCUT2D eigenvalue weighted by Gasteiger charge is -2.04. The number of nitrogens with zero attached hydrogens (tertiary/aromatic N) is 1. The Kier molecular flexibility index (Phi) is 5.40. The van der Waals surface area contributed by atoms with Crippen molar-refractivity contribution in [1.29, 1.82) is 0 Å². The van der Waals surface area contributed by atoms with E-state index in [0.29, 0.717) is 16.8 Å². The van der Waals surface area contributed by atoms with Crippen LogP contribution in [0, 0.1) is 10.1 Å². The van der Waals surface area contributed by atoms with Crippen LogP contribution in [0.5, 0.6) is 0 Å². The van der Waals surface area contributed by atoms with Crippen molar-refractivity contribution in [3.63, 3.8) is 0 Å². The molecule has 0 spiro atoms. The molecule has 122 valence electrons. The van der Waals surface area contributed by atoms with E-state index in [2.05, 4.69) is 10.1 Å². The number of carbonyl (C=O) groups is 2. The second kappa shape index (κ2) is 7.68. The fourth-order valence-corrected chi connectivity index (χ4v) is 1.99. The van der Waals surface area contributed by atoms with Crippen LogP contribution in [0.2, 0.25) is 0 Å². The molecule has 0 bridgehead atoms. The van der Waals surface area contributed by atoms with Crippen LogP contribution in [-0.2, 0) is 9.53 Å². The number of nitro benzene ring substituents is 1. The van der Waals surface area contributed by atoms with E-state index in [1.807, 2.05) is 0 Å². The Morgan fingerprint density at radius 1 is 1.17 bits per heavy atom. The highest BCUT2D eigenvalue weighted by atomic mass is 16.6. The molecule has 0 radical (unpaired) electrons. The highest BCUT2D eigenvalue weighted by Crippen LogP contribution is 2.19. The molecule has 2 rings (SSSR count). The van der Waals surface area contributed by atoms with E-state index in [1.54, 1.807) is 36.4 Å². The van der Waals surface area contributed by atoms with Gasteiger partial charge in [0.1, 0.15) is 0 Å². The fourth-order valence-electron chi connectivity index (χ4n) is 1.99. The number of methoxy groups -OCH3 is 1. The summed E-state index contributed by atoms with van der Waals surface area (Å²) < 4.78 is 4.61. The van der Waals surface area contributed by atoms with Gasteiger partial charge in [-0.25, -0.2) is 4.79 Å². The smallest absolute Gasteiger partial charge is 0.337 e. The molecule has 0 fully saturated rings. The number of ether oxygens (including phenoxy) is 1. The number of nitrogens with one attached hydrogen (secondary N) is 1. The minimum atomic E-state index is -0.516. The zero-order chi connectivity index (χ0) is 17.5. The monoisotopic (exact) mass is 326 g/mol. The highest BCUT2D eigenvalue weighted by molar-refractivity contribution is 6.03. The first-order valence-electron chi connectivity index (χ1n) is 6.92. The number of esters is 1. The van der Waals surface area contributed by atoms with Crippen molar-refractivity contribution in [3.8, 4) is 0 Å². The van der Waals surface area contributed by atoms with E-state index in [1.165, 1.54) is 31.4 Å². The van der Waals surface area contributed by atoms with E-state index in [4.69, 9.17) is 0 Å². The van der Waals surface area contributed by atoms with Crippen molar-refractivity contribution >= 4 is 29.3 Å². The van der Waals surface area contributed by atoms with Gasteiger partial charge in [-0.05, 0) is 30.3 Å². The van der Waals surface area contributed by atoms with Crippen LogP contribution in [0.1, 0.15) is 15.9 Å². The zero-order valence-corrected chi connectivity index (χ0v) is 12.8. The minimum absolute atomic E-state index is 0.0887. The average Bonchev–Trinajstić information content (AvgIpc) is 2.59. The lowest BCUT2D eigenvalue weighted by molar-refractivity contribution is -0.385. The summed E-state index contributed by atoms with van der Waals surface area (Å²) in [6, 6.07) is 12.3. The number of anilines is 1. The van der Waals surface area contributed by atoms with Gasteiger partial charge in [-0.2, -0.15) is 0 Å². The van der Waals surface area contributed by atoms with Crippen molar-refractivity contribution in [3.05, 3.63) is 75.8 Å². The topological polar surface area (TPSA) is 98.5 Å². The standard InChI is InChI=1S/C17H14N2O5/c1-24-17(21)13-6-4-7-14(11-13)18-16(20)10-9-12-5-2-3-8-15(12)19(22)23/h2-11H,1H3,(H,18,20)/b10-9+. The molecular formula is C17H14N2O5. The molecule has 0 unspecified atom stereocenters. The Balaban J connectivity index is 2.11. The third kappa shape index (κ3) is 4.26. The van der Waals surface area contributed by atoms with Gasteiger partial charge in [-0.15, -0.1) is 0 Å². The average molecular weight is 326 g/mol. The Labute approximate surface area is 137 Å². The molecule has 0 heterocycles. The summed E-state index contributed by atoms with van der Waals surface area (Å²) in [5.74, 6) is -0.989. The van der Waals surface area contributed by atoms with Gasteiger partial charge in [0.05, 0.1) is 23.2 Å². The minimum Gasteiger partial charge on any atom is -0.465 e. The van der Waals surface area contributed by atoms with Gasteiger partial charge < -0.3 is 10.1 Å². The Hall–Kier alpha value is -3.48. The number of hydrogen-bond acceptors (Lipinski definition) is 5. The molecular weight excluding hydrogens is 312 g/mol. The lowest BCUT2D eigenvalue weighted by atomic mass is 10.1. The normalized spacial score (nSPS) is 10.4. The SMILES string of the molecule is COC(=O)c1cccc(NC(=O)/C=C/c2ccccc2[N+](=O)[O-])c1. The summed E-state index contributed by atoms with van der Waals surface area (Å²) in [6.45, 7) is 0. The molecule has 1 amide bonds. The summed E-state index contributed by atoms with van der Waals surface area (Å²) in [5.41, 5.74) is 0.947. The van der Waals surface area contributed by atoms with E-state index >= 15 is 0 Å². The van der Waals surface area contributed by atoms with Gasteiger partial charge in [-0.1, -0.05) is 18.2 Å². The molecule has 2 aromatic carbocycles. The van der Waals surface area contributed by atoms with Crippen LogP contribution in [0.25, 0.3) is 6.08 Å². The molecule has 0 aliphatic heterocycles. The van der Waals surface area contributed by atoms with Crippen molar-refractivity contribution in [1.82, 2.24) is 0 Å². The number of nitro groups is 1. The molecule has 1 N–H and O–H groups in total. The van der Waals surface area contributed by atoms with E-state index in [-0.39, 0.29) is 5.69 Å². The first kappa shape index (κ1) is 16.9. The van der Waals surface area contributed by atoms with Crippen molar-refractivity contribution in [2.45, 2.75) is 0 Å². The predicted molar refractivity (Wildman–Crippen MR) is 88.5 cm³/mol. The quantitative estimate of drug-likeness (QED) is 0.394. The summed E-state index contributed by atoms with van der Waals surface area (Å²) in [6.07, 6.45) is 2.55. The van der Waals surface area contributed by atoms with Gasteiger partial charge in [0.25, 0.3) is 5.69 Å². The number of para-hydroxylation sites is 1. The summed E-state index contributed by atoms with van der Waals surface area (Å²) >= 11 is 0. The molecule has 7 heteroatoms. The summed E-state index contributed by atoms with van der Waals surface area (Å²) in [7, 11) is 1.27. The maximum atomic E-state index is 11.9. The maximum Gasteiger partial charge on any atom is 0.337 e. The fraction of sp³-hybridized carbons (Fsp3) is 0.0588. The van der Waals surface area contributed by atoms with Crippen molar-refractivity contribution < 1.29 is 19.2 Å².